The van der Waals surface area contributed by atoms with Crippen LogP contribution in [0.4, 0.5) is 26.3 Å². The minimum Gasteiger partial charge on any atom is -0.375 e. The Morgan fingerprint density at radius 3 is 1.87 bits per heavy atom. The summed E-state index contributed by atoms with van der Waals surface area (Å²) in [5, 5.41) is 7.87. The maximum atomic E-state index is 15.6. The van der Waals surface area contributed by atoms with Gasteiger partial charge in [0.1, 0.15) is 53.9 Å². The third kappa shape index (κ3) is 22.8. The number of hydrogen-bond donors (Lipinski definition) is 3. The van der Waals surface area contributed by atoms with E-state index < -0.39 is 198 Å². The molecule has 32 heteroatoms. The molecule has 0 bridgehead atoms. The van der Waals surface area contributed by atoms with Crippen LogP contribution in [-0.2, 0) is 87.5 Å². The number of alkyl halides is 6. The van der Waals surface area contributed by atoms with Crippen LogP contribution in [0.5, 0.6) is 0 Å². The number of carbonyl (C=O) groups excluding carboxylic acids is 12. The summed E-state index contributed by atoms with van der Waals surface area (Å²) in [6.07, 6.45) is -4.42. The van der Waals surface area contributed by atoms with E-state index in [9.17, 15) is 55.1 Å². The van der Waals surface area contributed by atoms with Gasteiger partial charge in [-0.1, -0.05) is 102 Å². The molecule has 0 radical (unpaired) electrons. The van der Waals surface area contributed by atoms with Crippen LogP contribution in [0.3, 0.4) is 0 Å². The number of carbonyl (C=O) groups is 12. The molecule has 0 unspecified atom stereocenters. The Hall–Kier alpha value is -8.61. The molecule has 109 heavy (non-hydrogen) atoms. The minimum atomic E-state index is -4.83. The van der Waals surface area contributed by atoms with Gasteiger partial charge in [-0.15, -0.1) is 13.2 Å². The largest absolute Gasteiger partial charge is 0.417 e. The van der Waals surface area contributed by atoms with Crippen LogP contribution in [0.25, 0.3) is 0 Å². The molecule has 2 aromatic carbocycles. The number of nitrogens with one attached hydrogen (secondary N) is 3. The van der Waals surface area contributed by atoms with Gasteiger partial charge in [0.05, 0.1) is 48.9 Å². The maximum Gasteiger partial charge on any atom is 0.417 e. The first-order valence-electron chi connectivity index (χ1n) is 37.2. The van der Waals surface area contributed by atoms with Crippen LogP contribution in [0.1, 0.15) is 146 Å². The van der Waals surface area contributed by atoms with Crippen LogP contribution in [0.2, 0.25) is 5.02 Å². The van der Waals surface area contributed by atoms with E-state index in [-0.39, 0.29) is 88.1 Å². The second-order valence-corrected chi connectivity index (χ2v) is 30.4. The molecular formula is C77H109ClF6N12O13. The molecule has 4 fully saturated rings. The Labute approximate surface area is 640 Å². The standard InChI is InChI=1S/C77H109ClF6N12O13/c1-15-18-37-96-59(42-50-27-31-52(32-28-50)76(79,80)81)70(104)89(9)44-61(97)85-55(34-30-49-29-33-53(54(78)41-49)77(82,83)84)68(102)95-38-23-26-56(95)67(101)87-75(35-21-22-36-75)74(108)94(14)65(51-24-19-20-25-51)73(107)93(13)58(69(103)88(7)8)43-62(98)91(11)57(40-47(4)5)66(100)86-64(48(6)17-3)72(106)90(10)45-63(99)92(12)60(71(96)105)46-109-39-16-2/h15-16,27-29,31-33,41,47-48,51,55-60,64-65H,1-2,17-26,30,34-40,42-46H2,3-14H3,(H,85,97)(H,86,100)(H,87,101)/t48-,55+,56-,57-,58-,59-,60+,64-,65-/m0/s1. The maximum absolute atomic E-state index is 15.6. The zero-order chi connectivity index (χ0) is 81.3. The van der Waals surface area contributed by atoms with E-state index in [1.807, 2.05) is 13.8 Å². The van der Waals surface area contributed by atoms with Crippen molar-refractivity contribution in [3.05, 3.63) is 95.1 Å². The minimum absolute atomic E-state index is 0.0275. The smallest absolute Gasteiger partial charge is 0.375 e. The molecule has 2 saturated carbocycles. The third-order valence-corrected chi connectivity index (χ3v) is 21.8. The molecule has 6 rings (SSSR count). The van der Waals surface area contributed by atoms with Crippen molar-refractivity contribution in [3.8, 4) is 0 Å². The summed E-state index contributed by atoms with van der Waals surface area (Å²) in [5.74, 6) is -11.0. The molecule has 0 aromatic heterocycles. The third-order valence-electron chi connectivity index (χ3n) is 21.5. The molecule has 25 nitrogen and oxygen atoms in total. The fraction of sp³-hybridized carbons (Fsp3) is 0.636. The Balaban J connectivity index is 1.52. The van der Waals surface area contributed by atoms with Gasteiger partial charge in [-0.2, -0.15) is 26.3 Å². The summed E-state index contributed by atoms with van der Waals surface area (Å²) in [6.45, 7) is 11.8. The second-order valence-electron chi connectivity index (χ2n) is 30.0. The Kier molecular flexibility index (Phi) is 32.2. The second kappa shape index (κ2) is 39.3. The molecule has 604 valence electrons. The van der Waals surface area contributed by atoms with Gasteiger partial charge in [0, 0.05) is 75.9 Å². The molecule has 9 atom stereocenters. The number of likely N-dealkylation sites (N-methyl/N-ethyl adjacent to an activating group) is 7. The Bertz CT molecular complexity index is 3610. The lowest BCUT2D eigenvalue weighted by Crippen LogP contribution is -2.65. The van der Waals surface area contributed by atoms with Gasteiger partial charge < -0.3 is 64.8 Å². The number of ether oxygens (including phenoxy) is 1. The van der Waals surface area contributed by atoms with Gasteiger partial charge in [-0.3, -0.25) is 57.5 Å². The molecule has 3 N–H and O–H groups in total. The van der Waals surface area contributed by atoms with Crippen LogP contribution in [0.15, 0.2) is 67.8 Å². The molecule has 2 heterocycles. The lowest BCUT2D eigenvalue weighted by molar-refractivity contribution is -0.156. The van der Waals surface area contributed by atoms with E-state index in [0.717, 1.165) is 71.9 Å². The summed E-state index contributed by atoms with van der Waals surface area (Å²) in [5.41, 5.74) is -3.52. The van der Waals surface area contributed by atoms with Crippen molar-refractivity contribution < 1.29 is 88.6 Å². The zero-order valence-electron chi connectivity index (χ0n) is 64.7. The van der Waals surface area contributed by atoms with Crippen molar-refractivity contribution in [3.63, 3.8) is 0 Å². The van der Waals surface area contributed by atoms with Gasteiger partial charge in [-0.05, 0) is 117 Å². The van der Waals surface area contributed by atoms with Gasteiger partial charge >= 0.3 is 12.4 Å². The van der Waals surface area contributed by atoms with Crippen molar-refractivity contribution in [2.24, 2.45) is 17.8 Å². The predicted molar refractivity (Wildman–Crippen MR) is 395 cm³/mol. The van der Waals surface area contributed by atoms with Gasteiger partial charge in [0.2, 0.25) is 70.9 Å². The highest BCUT2D eigenvalue weighted by molar-refractivity contribution is 6.31. The van der Waals surface area contributed by atoms with E-state index in [2.05, 4.69) is 29.1 Å². The fourth-order valence-corrected chi connectivity index (χ4v) is 15.2. The number of fused-ring (bicyclic) bond motifs is 1. The normalized spacial score (nSPS) is 24.4. The number of amides is 12. The monoisotopic (exact) mass is 1560 g/mol. The number of halogens is 7. The molecule has 1 spiro atoms. The first-order chi connectivity index (χ1) is 51.1. The first kappa shape index (κ1) is 89.3. The highest BCUT2D eigenvalue weighted by Gasteiger charge is 2.52. The van der Waals surface area contributed by atoms with Crippen LogP contribution in [-0.4, -0.2) is 265 Å². The molecular weight excluding hydrogens is 1450 g/mol. The molecule has 2 aromatic rings. The van der Waals surface area contributed by atoms with E-state index in [1.54, 1.807) is 13.8 Å². The summed E-state index contributed by atoms with van der Waals surface area (Å²) in [4.78, 5) is 192. The van der Waals surface area contributed by atoms with E-state index in [4.69, 9.17) is 16.3 Å². The summed E-state index contributed by atoms with van der Waals surface area (Å²) in [7, 11) is 10.8. The van der Waals surface area contributed by atoms with E-state index in [0.29, 0.717) is 44.9 Å². The molecule has 2 aliphatic heterocycles. The summed E-state index contributed by atoms with van der Waals surface area (Å²) in [6, 6.07) is -4.88. The van der Waals surface area contributed by atoms with Gasteiger partial charge in [0.15, 0.2) is 0 Å². The van der Waals surface area contributed by atoms with Gasteiger partial charge in [0.25, 0.3) is 0 Å². The average Bonchev–Trinajstić information content (AvgIpc) is 1.61. The summed E-state index contributed by atoms with van der Waals surface area (Å²) >= 11 is 6.16. The van der Waals surface area contributed by atoms with Crippen molar-refractivity contribution in [2.45, 2.75) is 203 Å². The lowest BCUT2D eigenvalue weighted by Gasteiger charge is -2.42. The number of benzene rings is 2. The van der Waals surface area contributed by atoms with Crippen molar-refractivity contribution >= 4 is 82.5 Å². The zero-order valence-corrected chi connectivity index (χ0v) is 65.5. The fourth-order valence-electron chi connectivity index (χ4n) is 14.9. The number of rotatable bonds is 18. The molecule has 4 aliphatic rings. The topological polar surface area (TPSA) is 279 Å². The Morgan fingerprint density at radius 2 is 1.30 bits per heavy atom. The number of nitrogens with zero attached hydrogens (tertiary/aromatic N) is 9. The van der Waals surface area contributed by atoms with Crippen molar-refractivity contribution in [2.75, 3.05) is 95.8 Å². The van der Waals surface area contributed by atoms with E-state index >= 15 is 28.8 Å². The quantitative estimate of drug-likeness (QED) is 0.0778. The van der Waals surface area contributed by atoms with Crippen LogP contribution >= 0.6 is 11.6 Å². The highest BCUT2D eigenvalue weighted by Crippen LogP contribution is 2.39. The van der Waals surface area contributed by atoms with Crippen LogP contribution < -0.4 is 16.0 Å². The number of hydrogen-bond acceptors (Lipinski definition) is 13. The summed E-state index contributed by atoms with van der Waals surface area (Å²) < 4.78 is 89.9. The predicted octanol–water partition coefficient (Wildman–Crippen LogP) is 6.92. The lowest BCUT2D eigenvalue weighted by atomic mass is 9.90. The average molecular weight is 1560 g/mol. The van der Waals surface area contributed by atoms with Crippen molar-refractivity contribution in [1.82, 2.24) is 60.0 Å². The Morgan fingerprint density at radius 1 is 0.688 bits per heavy atom. The van der Waals surface area contributed by atoms with Crippen LogP contribution in [0, 0.1) is 17.8 Å². The molecule has 2 saturated heterocycles. The highest BCUT2D eigenvalue weighted by atomic mass is 35.5. The first-order valence-corrected chi connectivity index (χ1v) is 37.6. The number of aryl methyl sites for hydroxylation is 1. The van der Waals surface area contributed by atoms with Crippen molar-refractivity contribution in [1.29, 1.82) is 0 Å². The molecule has 2 aliphatic carbocycles. The van der Waals surface area contributed by atoms with E-state index in [1.165, 1.54) is 83.2 Å². The van der Waals surface area contributed by atoms with Gasteiger partial charge in [-0.25, -0.2) is 0 Å². The molecule has 12 amide bonds. The SMILES string of the molecule is C=CCCN1C(=O)[C@@H](COCC=C)N(C)C(=O)CN(C)C(=O)[C@H]([C@@H](C)CC)NC(=O)[C@H](CC(C)C)N(C)C(=O)C[C@@H](C(=O)N(C)C)N(C)C(=O)[C@H](C2CCCC2)N(C)C(=O)C2(CCCC2)NC(=O)[C@@H]2CCCN2C(=O)[C@@H](CCc2ccc(C(F)(F)F)c(Cl)c2)NC(=O)CN(C)C(=O)[C@@H]1Cc1ccc(C(F)(F)F)cc1.